The lowest BCUT2D eigenvalue weighted by atomic mass is 10.1. The Morgan fingerprint density at radius 3 is 2.47 bits per heavy atom. The number of hydrogen-bond acceptors (Lipinski definition) is 8. The summed E-state index contributed by atoms with van der Waals surface area (Å²) >= 11 is 0.890. The van der Waals surface area contributed by atoms with Crippen LogP contribution in [-0.4, -0.2) is 51.4 Å². The number of thiophene rings is 1. The van der Waals surface area contributed by atoms with Crippen molar-refractivity contribution in [3.8, 4) is 0 Å². The highest BCUT2D eigenvalue weighted by atomic mass is 32.1. The van der Waals surface area contributed by atoms with E-state index in [1.54, 1.807) is 27.7 Å². The van der Waals surface area contributed by atoms with Crippen LogP contribution in [-0.2, 0) is 14.3 Å². The molecule has 0 spiro atoms. The fraction of sp³-hybridized carbons (Fsp3) is 0.421. The second-order valence-electron chi connectivity index (χ2n) is 6.57. The number of amides is 1. The molecule has 1 unspecified atom stereocenters. The first-order valence-corrected chi connectivity index (χ1v) is 9.99. The number of carboxylic acids is 1. The van der Waals surface area contributed by atoms with E-state index in [4.69, 9.17) is 9.47 Å². The predicted molar refractivity (Wildman–Crippen MR) is 108 cm³/mol. The number of carbonyl (C=O) groups excluding carboxylic acids is 3. The van der Waals surface area contributed by atoms with Crippen LogP contribution >= 0.6 is 11.3 Å². The number of carboxylic acid groups (broad SMARTS) is 1. The van der Waals surface area contributed by atoms with Gasteiger partial charge in [0.2, 0.25) is 5.91 Å². The van der Waals surface area contributed by atoms with Gasteiger partial charge in [0.25, 0.3) is 0 Å². The number of nitrogens with zero attached hydrogens (tertiary/aromatic N) is 2. The zero-order valence-electron chi connectivity index (χ0n) is 17.2. The third-order valence-corrected chi connectivity index (χ3v) is 5.21. The number of nitrogens with one attached hydrogen (secondary N) is 1. The second kappa shape index (κ2) is 9.53. The van der Waals surface area contributed by atoms with Gasteiger partial charge < -0.3 is 19.9 Å². The minimum atomic E-state index is -1.23. The van der Waals surface area contributed by atoms with Gasteiger partial charge in [-0.05, 0) is 46.2 Å². The Kier molecular flexibility index (Phi) is 7.33. The summed E-state index contributed by atoms with van der Waals surface area (Å²) in [5, 5.41) is 15.8. The summed E-state index contributed by atoms with van der Waals surface area (Å²) in [5.41, 5.74) is 0.222. The summed E-state index contributed by atoms with van der Waals surface area (Å²) in [6.45, 7) is 8.19. The number of hydrogen-bond donors (Lipinski definition) is 2. The summed E-state index contributed by atoms with van der Waals surface area (Å²) in [4.78, 5) is 49.1. The molecule has 2 N–H and O–H groups in total. The molecule has 1 amide bonds. The molecule has 0 bridgehead atoms. The molecule has 0 aliphatic heterocycles. The molecule has 1 atom stereocenters. The van der Waals surface area contributed by atoms with E-state index in [1.165, 1.54) is 19.2 Å². The highest BCUT2D eigenvalue weighted by molar-refractivity contribution is 7.18. The second-order valence-corrected chi connectivity index (χ2v) is 7.59. The molecular formula is C19H23N3O7S. The molecule has 10 nitrogen and oxygen atoms in total. The summed E-state index contributed by atoms with van der Waals surface area (Å²) < 4.78 is 11.3. The highest BCUT2D eigenvalue weighted by Crippen LogP contribution is 2.35. The van der Waals surface area contributed by atoms with Gasteiger partial charge in [-0.25, -0.2) is 19.1 Å². The van der Waals surface area contributed by atoms with Crippen molar-refractivity contribution in [2.24, 2.45) is 0 Å². The van der Waals surface area contributed by atoms with Gasteiger partial charge in [0.05, 0.1) is 18.3 Å². The number of carbonyl (C=O) groups is 4. The molecule has 11 heteroatoms. The van der Waals surface area contributed by atoms with Crippen molar-refractivity contribution in [3.63, 3.8) is 0 Å². The molecule has 0 radical (unpaired) electrons. The minimum absolute atomic E-state index is 0.0521. The molecule has 30 heavy (non-hydrogen) atoms. The van der Waals surface area contributed by atoms with E-state index >= 15 is 0 Å². The molecule has 0 saturated carbocycles. The number of ether oxygens (including phenoxy) is 2. The van der Waals surface area contributed by atoms with Crippen LogP contribution in [0, 0.1) is 6.92 Å². The summed E-state index contributed by atoms with van der Waals surface area (Å²) in [7, 11) is 0. The fourth-order valence-electron chi connectivity index (χ4n) is 2.63. The smallest absolute Gasteiger partial charge is 0.354 e. The Balaban J connectivity index is 2.41. The van der Waals surface area contributed by atoms with Gasteiger partial charge in [0.1, 0.15) is 21.6 Å². The first-order valence-electron chi connectivity index (χ1n) is 9.17. The quantitative estimate of drug-likeness (QED) is 0.602. The van der Waals surface area contributed by atoms with E-state index in [1.807, 2.05) is 0 Å². The third-order valence-electron chi connectivity index (χ3n) is 4.03. The van der Waals surface area contributed by atoms with E-state index in [2.05, 4.69) is 10.4 Å². The summed E-state index contributed by atoms with van der Waals surface area (Å²) in [6, 6.07) is 0.277. The van der Waals surface area contributed by atoms with Crippen molar-refractivity contribution in [2.45, 2.75) is 46.8 Å². The Labute approximate surface area is 176 Å². The average Bonchev–Trinajstić information content (AvgIpc) is 3.25. The Hall–Kier alpha value is -3.21. The van der Waals surface area contributed by atoms with Gasteiger partial charge in [0, 0.05) is 6.20 Å². The average molecular weight is 437 g/mol. The molecular weight excluding hydrogens is 414 g/mol. The van der Waals surface area contributed by atoms with Gasteiger partial charge in [0.15, 0.2) is 0 Å². The Morgan fingerprint density at radius 2 is 1.90 bits per heavy atom. The maximum atomic E-state index is 12.8. The van der Waals surface area contributed by atoms with Gasteiger partial charge >= 0.3 is 17.9 Å². The van der Waals surface area contributed by atoms with Crippen LogP contribution in [0.2, 0.25) is 0 Å². The lowest BCUT2D eigenvalue weighted by Crippen LogP contribution is -2.27. The molecule has 0 saturated heterocycles. The number of rotatable bonds is 8. The van der Waals surface area contributed by atoms with Gasteiger partial charge in [-0.3, -0.25) is 4.79 Å². The number of aromatic nitrogens is 2. The minimum Gasteiger partial charge on any atom is -0.477 e. The van der Waals surface area contributed by atoms with E-state index < -0.39 is 36.0 Å². The molecule has 0 aliphatic rings. The maximum absolute atomic E-state index is 12.8. The van der Waals surface area contributed by atoms with Crippen molar-refractivity contribution < 1.29 is 33.8 Å². The van der Waals surface area contributed by atoms with Crippen LogP contribution in [0.4, 0.5) is 5.00 Å². The first-order chi connectivity index (χ1) is 14.1. The van der Waals surface area contributed by atoms with Crippen molar-refractivity contribution in [1.29, 1.82) is 0 Å². The molecule has 0 aliphatic carbocycles. The maximum Gasteiger partial charge on any atom is 0.354 e. The summed E-state index contributed by atoms with van der Waals surface area (Å²) in [5.74, 6) is -3.16. The molecule has 0 aromatic carbocycles. The van der Waals surface area contributed by atoms with Crippen molar-refractivity contribution in [3.05, 3.63) is 34.0 Å². The lowest BCUT2D eigenvalue weighted by molar-refractivity contribution is -0.119. The largest absolute Gasteiger partial charge is 0.477 e. The van der Waals surface area contributed by atoms with E-state index in [0.717, 1.165) is 16.0 Å². The van der Waals surface area contributed by atoms with E-state index in [-0.39, 0.29) is 27.7 Å². The standard InChI is InChI=1S/C19H23N3O7S/c1-6-28-19(27)14-10(4)13(18(26)29-9(2)3)16(30-14)21-15(23)11(5)22-12(17(24)25)7-8-20-22/h7-9,11H,6H2,1-5H3,(H,21,23)(H,24,25). The lowest BCUT2D eigenvalue weighted by Gasteiger charge is -2.15. The highest BCUT2D eigenvalue weighted by Gasteiger charge is 2.29. The Bertz CT molecular complexity index is 977. The molecule has 2 rings (SSSR count). The third kappa shape index (κ3) is 4.85. The summed E-state index contributed by atoms with van der Waals surface area (Å²) in [6.07, 6.45) is 0.861. The first kappa shape index (κ1) is 23.1. The zero-order chi connectivity index (χ0) is 22.6. The molecule has 2 aromatic heterocycles. The molecule has 2 aromatic rings. The zero-order valence-corrected chi connectivity index (χ0v) is 18.0. The van der Waals surface area contributed by atoms with E-state index in [0.29, 0.717) is 5.56 Å². The fourth-order valence-corrected chi connectivity index (χ4v) is 3.72. The molecule has 162 valence electrons. The number of esters is 2. The van der Waals surface area contributed by atoms with Crippen LogP contribution in [0.3, 0.4) is 0 Å². The van der Waals surface area contributed by atoms with Crippen LogP contribution in [0.5, 0.6) is 0 Å². The molecule has 0 fully saturated rings. The van der Waals surface area contributed by atoms with Gasteiger partial charge in [-0.15, -0.1) is 11.3 Å². The predicted octanol–water partition coefficient (Wildman–Crippen LogP) is 2.89. The molecule has 2 heterocycles. The number of aromatic carboxylic acids is 1. The van der Waals surface area contributed by atoms with Crippen LogP contribution in [0.1, 0.15) is 69.8 Å². The Morgan fingerprint density at radius 1 is 1.23 bits per heavy atom. The monoisotopic (exact) mass is 437 g/mol. The topological polar surface area (TPSA) is 137 Å². The van der Waals surface area contributed by atoms with Crippen molar-refractivity contribution in [2.75, 3.05) is 11.9 Å². The normalized spacial score (nSPS) is 11.8. The SMILES string of the molecule is CCOC(=O)c1sc(NC(=O)C(C)n2nccc2C(=O)O)c(C(=O)OC(C)C)c1C. The van der Waals surface area contributed by atoms with Gasteiger partial charge in [-0.2, -0.15) is 5.10 Å². The van der Waals surface area contributed by atoms with Crippen LogP contribution in [0.15, 0.2) is 12.3 Å². The number of anilines is 1. The van der Waals surface area contributed by atoms with Gasteiger partial charge in [-0.1, -0.05) is 0 Å². The van der Waals surface area contributed by atoms with Crippen molar-refractivity contribution >= 4 is 40.2 Å². The van der Waals surface area contributed by atoms with Crippen molar-refractivity contribution in [1.82, 2.24) is 9.78 Å². The van der Waals surface area contributed by atoms with Crippen LogP contribution < -0.4 is 5.32 Å². The van der Waals surface area contributed by atoms with Crippen LogP contribution in [0.25, 0.3) is 0 Å². The van der Waals surface area contributed by atoms with E-state index in [9.17, 15) is 24.3 Å².